The molecular weight excluding hydrogens is 401 g/mol. The highest BCUT2D eigenvalue weighted by molar-refractivity contribution is 7.91. The topological polar surface area (TPSA) is 66.5 Å². The molecule has 0 radical (unpaired) electrons. The van der Waals surface area contributed by atoms with Crippen LogP contribution in [0.3, 0.4) is 0 Å². The molecule has 3 rings (SSSR count). The summed E-state index contributed by atoms with van der Waals surface area (Å²) >= 11 is 1.09. The Bertz CT molecular complexity index is 895. The summed E-state index contributed by atoms with van der Waals surface area (Å²) in [6.45, 7) is 0.291. The summed E-state index contributed by atoms with van der Waals surface area (Å²) in [5.41, 5.74) is -0.261. The van der Waals surface area contributed by atoms with Gasteiger partial charge in [0.15, 0.2) is 0 Å². The molecule has 5 nitrogen and oxygen atoms in total. The molecule has 0 spiro atoms. The number of carbonyl (C=O) groups is 1. The van der Waals surface area contributed by atoms with Gasteiger partial charge in [-0.15, -0.1) is 11.3 Å². The van der Waals surface area contributed by atoms with Gasteiger partial charge in [0.25, 0.3) is 10.0 Å². The van der Waals surface area contributed by atoms with Crippen LogP contribution >= 0.6 is 11.3 Å². The maximum Gasteiger partial charge on any atom is 0.416 e. The van der Waals surface area contributed by atoms with Crippen molar-refractivity contribution >= 4 is 27.3 Å². The second-order valence-electron chi connectivity index (χ2n) is 6.12. The lowest BCUT2D eigenvalue weighted by molar-refractivity contribution is -0.137. The first-order chi connectivity index (χ1) is 12.7. The third kappa shape index (κ3) is 4.33. The monoisotopic (exact) mass is 418 g/mol. The van der Waals surface area contributed by atoms with E-state index in [1.807, 2.05) is 0 Å². The van der Waals surface area contributed by atoms with Gasteiger partial charge in [0.05, 0.1) is 5.56 Å². The standard InChI is InChI=1S/C17H17F3N2O3S2/c18-17(19,20)13-7-5-12(6-8-13)11-21-16(23)14-3-1-9-22(14)27(24,25)15-4-2-10-26-15/h2,4-8,10,14H,1,3,9,11H2,(H,21,23)/t14-/m0/s1. The van der Waals surface area contributed by atoms with E-state index in [1.54, 1.807) is 11.4 Å². The number of carbonyl (C=O) groups excluding carboxylic acids is 1. The lowest BCUT2D eigenvalue weighted by atomic mass is 10.1. The van der Waals surface area contributed by atoms with Gasteiger partial charge >= 0.3 is 6.18 Å². The molecule has 0 aliphatic carbocycles. The number of nitrogens with one attached hydrogen (secondary N) is 1. The van der Waals surface area contributed by atoms with Crippen LogP contribution in [0.4, 0.5) is 13.2 Å². The minimum absolute atomic E-state index is 0.0281. The number of benzene rings is 1. The van der Waals surface area contributed by atoms with Crippen molar-refractivity contribution in [3.63, 3.8) is 0 Å². The van der Waals surface area contributed by atoms with E-state index in [0.29, 0.717) is 18.4 Å². The molecule has 1 fully saturated rings. The predicted octanol–water partition coefficient (Wildman–Crippen LogP) is 3.24. The molecule has 1 saturated heterocycles. The first-order valence-corrected chi connectivity index (χ1v) is 10.5. The van der Waals surface area contributed by atoms with Crippen LogP contribution in [-0.2, 0) is 27.5 Å². The number of rotatable bonds is 5. The van der Waals surface area contributed by atoms with E-state index >= 15 is 0 Å². The molecule has 1 amide bonds. The summed E-state index contributed by atoms with van der Waals surface area (Å²) in [7, 11) is -3.73. The van der Waals surface area contributed by atoms with E-state index in [9.17, 15) is 26.4 Å². The molecule has 0 unspecified atom stereocenters. The van der Waals surface area contributed by atoms with Crippen LogP contribution in [0, 0.1) is 0 Å². The maximum atomic E-state index is 12.7. The van der Waals surface area contributed by atoms with Crippen LogP contribution in [0.25, 0.3) is 0 Å². The van der Waals surface area contributed by atoms with Crippen molar-refractivity contribution in [3.8, 4) is 0 Å². The average Bonchev–Trinajstić information content (AvgIpc) is 3.31. The van der Waals surface area contributed by atoms with Crippen LogP contribution < -0.4 is 5.32 Å². The van der Waals surface area contributed by atoms with Gasteiger partial charge in [-0.1, -0.05) is 18.2 Å². The fourth-order valence-electron chi connectivity index (χ4n) is 2.93. The third-order valence-corrected chi connectivity index (χ3v) is 7.59. The van der Waals surface area contributed by atoms with Gasteiger partial charge in [-0.3, -0.25) is 4.79 Å². The normalized spacial score (nSPS) is 18.6. The highest BCUT2D eigenvalue weighted by Crippen LogP contribution is 2.30. The molecule has 2 aromatic rings. The highest BCUT2D eigenvalue weighted by Gasteiger charge is 2.39. The number of halogens is 3. The van der Waals surface area contributed by atoms with Gasteiger partial charge in [0, 0.05) is 13.1 Å². The van der Waals surface area contributed by atoms with Crippen LogP contribution in [-0.4, -0.2) is 31.2 Å². The van der Waals surface area contributed by atoms with Crippen LogP contribution in [0.5, 0.6) is 0 Å². The zero-order valence-corrected chi connectivity index (χ0v) is 15.7. The summed E-state index contributed by atoms with van der Waals surface area (Å²) in [5, 5.41) is 4.28. The van der Waals surface area contributed by atoms with Gasteiger partial charge in [-0.2, -0.15) is 17.5 Å². The summed E-state index contributed by atoms with van der Waals surface area (Å²) in [5.74, 6) is -0.451. The molecular formula is C17H17F3N2O3S2. The van der Waals surface area contributed by atoms with E-state index < -0.39 is 33.7 Å². The Kier molecular flexibility index (Phi) is 5.59. The molecule has 0 bridgehead atoms. The van der Waals surface area contributed by atoms with Crippen molar-refractivity contribution in [1.82, 2.24) is 9.62 Å². The van der Waals surface area contributed by atoms with Crippen molar-refractivity contribution in [2.45, 2.75) is 35.8 Å². The fraction of sp³-hybridized carbons (Fsp3) is 0.353. The minimum Gasteiger partial charge on any atom is -0.351 e. The molecule has 1 aliphatic rings. The lowest BCUT2D eigenvalue weighted by Crippen LogP contribution is -2.45. The molecule has 1 aliphatic heterocycles. The maximum absolute atomic E-state index is 12.7. The van der Waals surface area contributed by atoms with Gasteiger partial charge in [0.2, 0.25) is 5.91 Å². The SMILES string of the molecule is O=C(NCc1ccc(C(F)(F)F)cc1)[C@@H]1CCCN1S(=O)(=O)c1cccs1. The number of sulfonamides is 1. The molecule has 1 aromatic heterocycles. The number of hydrogen-bond donors (Lipinski definition) is 1. The van der Waals surface area contributed by atoms with E-state index in [0.717, 1.165) is 23.5 Å². The first-order valence-electron chi connectivity index (χ1n) is 8.19. The Hall–Kier alpha value is -1.91. The largest absolute Gasteiger partial charge is 0.416 e. The summed E-state index contributed by atoms with van der Waals surface area (Å²) in [6, 6.07) is 6.79. The Morgan fingerprint density at radius 3 is 2.52 bits per heavy atom. The molecule has 2 heterocycles. The molecule has 10 heteroatoms. The van der Waals surface area contributed by atoms with Gasteiger partial charge < -0.3 is 5.32 Å². The predicted molar refractivity (Wildman–Crippen MR) is 94.5 cm³/mol. The van der Waals surface area contributed by atoms with Crippen molar-refractivity contribution in [2.24, 2.45) is 0 Å². The zero-order chi connectivity index (χ0) is 19.7. The van der Waals surface area contributed by atoms with E-state index in [1.165, 1.54) is 22.5 Å². The fourth-order valence-corrected chi connectivity index (χ4v) is 5.71. The number of hydrogen-bond acceptors (Lipinski definition) is 4. The molecule has 146 valence electrons. The zero-order valence-electron chi connectivity index (χ0n) is 14.1. The van der Waals surface area contributed by atoms with Gasteiger partial charge in [0.1, 0.15) is 10.3 Å². The van der Waals surface area contributed by atoms with Crippen molar-refractivity contribution in [3.05, 3.63) is 52.9 Å². The number of alkyl halides is 3. The van der Waals surface area contributed by atoms with Gasteiger partial charge in [-0.25, -0.2) is 8.42 Å². The van der Waals surface area contributed by atoms with Crippen molar-refractivity contribution < 1.29 is 26.4 Å². The third-order valence-electron chi connectivity index (χ3n) is 4.31. The molecule has 0 saturated carbocycles. The quantitative estimate of drug-likeness (QED) is 0.811. The van der Waals surface area contributed by atoms with Crippen molar-refractivity contribution in [2.75, 3.05) is 6.54 Å². The van der Waals surface area contributed by atoms with Gasteiger partial charge in [-0.05, 0) is 42.0 Å². The Morgan fingerprint density at radius 2 is 1.93 bits per heavy atom. The number of amides is 1. The number of thiophene rings is 1. The van der Waals surface area contributed by atoms with Crippen LogP contribution in [0.2, 0.25) is 0 Å². The Labute approximate surface area is 158 Å². The molecule has 1 atom stereocenters. The molecule has 1 N–H and O–H groups in total. The lowest BCUT2D eigenvalue weighted by Gasteiger charge is -2.22. The highest BCUT2D eigenvalue weighted by atomic mass is 32.2. The summed E-state index contributed by atoms with van der Waals surface area (Å²) in [4.78, 5) is 12.5. The second-order valence-corrected chi connectivity index (χ2v) is 9.18. The van der Waals surface area contributed by atoms with Crippen LogP contribution in [0.15, 0.2) is 46.0 Å². The smallest absolute Gasteiger partial charge is 0.351 e. The summed E-state index contributed by atoms with van der Waals surface area (Å²) in [6.07, 6.45) is -3.44. The Morgan fingerprint density at radius 1 is 1.22 bits per heavy atom. The van der Waals surface area contributed by atoms with Crippen LogP contribution in [0.1, 0.15) is 24.0 Å². The van der Waals surface area contributed by atoms with E-state index in [4.69, 9.17) is 0 Å². The number of nitrogens with zero attached hydrogens (tertiary/aromatic N) is 1. The second kappa shape index (κ2) is 7.61. The summed E-state index contributed by atoms with van der Waals surface area (Å²) < 4.78 is 64.4. The Balaban J connectivity index is 1.65. The van der Waals surface area contributed by atoms with E-state index in [2.05, 4.69) is 5.32 Å². The van der Waals surface area contributed by atoms with E-state index in [-0.39, 0.29) is 17.3 Å². The minimum atomic E-state index is -4.41. The van der Waals surface area contributed by atoms with Crippen molar-refractivity contribution in [1.29, 1.82) is 0 Å². The molecule has 27 heavy (non-hydrogen) atoms. The first kappa shape index (κ1) is 19.8. The molecule has 1 aromatic carbocycles. The average molecular weight is 418 g/mol.